The molecule has 4 nitrogen and oxygen atoms in total. The van der Waals surface area contributed by atoms with Crippen LogP contribution >= 0.6 is 23.2 Å². The first-order valence-corrected chi connectivity index (χ1v) is 12.4. The number of hydrogen-bond donors (Lipinski definition) is 0. The van der Waals surface area contributed by atoms with Crippen molar-refractivity contribution in [3.8, 4) is 0 Å². The fraction of sp³-hybridized carbons (Fsp3) is 0.207. The number of rotatable bonds is 4. The molecule has 0 N–H and O–H groups in total. The van der Waals surface area contributed by atoms with Crippen LogP contribution in [0.4, 0.5) is 5.69 Å². The fourth-order valence-corrected chi connectivity index (χ4v) is 5.26. The summed E-state index contributed by atoms with van der Waals surface area (Å²) in [6, 6.07) is 23.1. The van der Waals surface area contributed by atoms with Crippen LogP contribution in [0.1, 0.15) is 29.9 Å². The van der Waals surface area contributed by atoms with E-state index in [4.69, 9.17) is 27.6 Å². The van der Waals surface area contributed by atoms with Gasteiger partial charge in [0.15, 0.2) is 11.2 Å². The van der Waals surface area contributed by atoms with E-state index in [1.807, 2.05) is 55.5 Å². The van der Waals surface area contributed by atoms with Crippen molar-refractivity contribution in [2.24, 2.45) is 0 Å². The van der Waals surface area contributed by atoms with Crippen LogP contribution in [-0.2, 0) is 0 Å². The molecule has 35 heavy (non-hydrogen) atoms. The van der Waals surface area contributed by atoms with E-state index in [-0.39, 0.29) is 11.5 Å². The Morgan fingerprint density at radius 3 is 2.46 bits per heavy atom. The van der Waals surface area contributed by atoms with Gasteiger partial charge in [-0.15, -0.1) is 0 Å². The molecule has 0 saturated carbocycles. The van der Waals surface area contributed by atoms with Crippen molar-refractivity contribution >= 4 is 45.6 Å². The second kappa shape index (κ2) is 9.80. The lowest BCUT2D eigenvalue weighted by molar-refractivity contribution is 0.308. The van der Waals surface area contributed by atoms with Gasteiger partial charge in [0.25, 0.3) is 0 Å². The van der Waals surface area contributed by atoms with Gasteiger partial charge >= 0.3 is 0 Å². The summed E-state index contributed by atoms with van der Waals surface area (Å²) in [6.45, 7) is 6.37. The summed E-state index contributed by atoms with van der Waals surface area (Å²) in [5.41, 5.74) is 4.94. The third kappa shape index (κ3) is 4.69. The van der Waals surface area contributed by atoms with E-state index in [9.17, 15) is 4.79 Å². The molecule has 4 aromatic rings. The first-order valence-electron chi connectivity index (χ1n) is 11.7. The molecule has 1 saturated heterocycles. The van der Waals surface area contributed by atoms with Crippen LogP contribution in [-0.4, -0.2) is 24.5 Å². The molecule has 0 amide bonds. The highest BCUT2D eigenvalue weighted by atomic mass is 35.5. The van der Waals surface area contributed by atoms with E-state index in [1.165, 1.54) is 5.56 Å². The zero-order valence-corrected chi connectivity index (χ0v) is 21.2. The summed E-state index contributed by atoms with van der Waals surface area (Å²) in [6.07, 6.45) is 2.02. The molecule has 2 heterocycles. The summed E-state index contributed by atoms with van der Waals surface area (Å²) < 4.78 is 6.19. The van der Waals surface area contributed by atoms with Crippen LogP contribution in [0.15, 0.2) is 88.1 Å². The van der Waals surface area contributed by atoms with Gasteiger partial charge < -0.3 is 14.2 Å². The van der Waals surface area contributed by atoms with Crippen molar-refractivity contribution in [1.82, 2.24) is 4.90 Å². The summed E-state index contributed by atoms with van der Waals surface area (Å²) in [5.74, 6) is 0.585. The number of para-hydroxylation sites is 1. The second-order valence-electron chi connectivity index (χ2n) is 8.78. The lowest BCUT2D eigenvalue weighted by atomic mass is 9.99. The molecule has 6 heteroatoms. The third-order valence-corrected chi connectivity index (χ3v) is 7.09. The summed E-state index contributed by atoms with van der Waals surface area (Å²) >= 11 is 12.4. The van der Waals surface area contributed by atoms with Crippen LogP contribution < -0.4 is 10.3 Å². The van der Waals surface area contributed by atoms with Gasteiger partial charge in [-0.05, 0) is 67.4 Å². The molecule has 5 rings (SSSR count). The summed E-state index contributed by atoms with van der Waals surface area (Å²) in [4.78, 5) is 17.5. The van der Waals surface area contributed by atoms with Crippen LogP contribution in [0.25, 0.3) is 16.7 Å². The average Bonchev–Trinajstić information content (AvgIpc) is 2.85. The zero-order chi connectivity index (χ0) is 24.5. The number of hydrogen-bond acceptors (Lipinski definition) is 4. The van der Waals surface area contributed by atoms with E-state index in [0.717, 1.165) is 41.6 Å². The Kier molecular flexibility index (Phi) is 6.59. The van der Waals surface area contributed by atoms with Gasteiger partial charge in [-0.25, -0.2) is 0 Å². The predicted octanol–water partition coefficient (Wildman–Crippen LogP) is 7.33. The Balaban J connectivity index is 1.53. The first-order chi connectivity index (χ1) is 16.9. The topological polar surface area (TPSA) is 36.7 Å². The Morgan fingerprint density at radius 2 is 1.71 bits per heavy atom. The maximum absolute atomic E-state index is 12.8. The van der Waals surface area contributed by atoms with Gasteiger partial charge in [0.05, 0.1) is 17.1 Å². The smallest absolute Gasteiger partial charge is 0.193 e. The molecule has 0 radical (unpaired) electrons. The minimum absolute atomic E-state index is 0.0362. The fourth-order valence-electron chi connectivity index (χ4n) is 4.91. The average molecular weight is 505 g/mol. The van der Waals surface area contributed by atoms with Crippen molar-refractivity contribution in [1.29, 1.82) is 0 Å². The molecule has 1 unspecified atom stereocenters. The number of nitrogens with zero attached hydrogens (tertiary/aromatic N) is 2. The van der Waals surface area contributed by atoms with Crippen molar-refractivity contribution in [2.45, 2.75) is 19.9 Å². The maximum atomic E-state index is 12.8. The molecule has 0 spiro atoms. The molecule has 1 aliphatic rings. The largest absolute Gasteiger partial charge is 0.454 e. The summed E-state index contributed by atoms with van der Waals surface area (Å²) in [5, 5.41) is 2.03. The zero-order valence-electron chi connectivity index (χ0n) is 19.7. The van der Waals surface area contributed by atoms with Crippen molar-refractivity contribution in [3.63, 3.8) is 0 Å². The highest BCUT2D eigenvalue weighted by Crippen LogP contribution is 2.36. The minimum Gasteiger partial charge on any atom is -0.454 e. The molecule has 1 fully saturated rings. The monoisotopic (exact) mass is 504 g/mol. The second-order valence-corrected chi connectivity index (χ2v) is 9.66. The van der Waals surface area contributed by atoms with Crippen molar-refractivity contribution < 1.29 is 4.42 Å². The van der Waals surface area contributed by atoms with Crippen molar-refractivity contribution in [2.75, 3.05) is 24.5 Å². The van der Waals surface area contributed by atoms with E-state index >= 15 is 0 Å². The lowest BCUT2D eigenvalue weighted by Gasteiger charge is -2.45. The number of halogens is 2. The third-order valence-electron chi connectivity index (χ3n) is 6.60. The number of benzene rings is 3. The predicted molar refractivity (Wildman–Crippen MR) is 145 cm³/mol. The summed E-state index contributed by atoms with van der Waals surface area (Å²) in [7, 11) is 0. The highest BCUT2D eigenvalue weighted by molar-refractivity contribution is 6.31. The lowest BCUT2D eigenvalue weighted by Crippen LogP contribution is -2.48. The standard InChI is InChI=1S/C29H26Cl2N2O2/c1-3-24(29-17-27(34)23-6-4-5-7-28(23)35-29)32-14-15-33(25-13-12-22(31)16-19(25)2)26(18-32)20-8-10-21(30)11-9-20/h3-13,16-17,26H,14-15,18H2,1-2H3. The minimum atomic E-state index is -0.0362. The molecule has 3 aromatic carbocycles. The van der Waals surface area contributed by atoms with E-state index in [0.29, 0.717) is 21.8 Å². The molecular weight excluding hydrogens is 479 g/mol. The molecule has 1 aromatic heterocycles. The molecule has 0 aliphatic carbocycles. The Labute approximate surface area is 215 Å². The van der Waals surface area contributed by atoms with E-state index < -0.39 is 0 Å². The van der Waals surface area contributed by atoms with Crippen LogP contribution in [0.2, 0.25) is 10.0 Å². The van der Waals surface area contributed by atoms with Gasteiger partial charge in [0, 0.05) is 41.4 Å². The number of anilines is 1. The van der Waals surface area contributed by atoms with Gasteiger partial charge in [-0.1, -0.05) is 53.5 Å². The van der Waals surface area contributed by atoms with Crippen LogP contribution in [0.5, 0.6) is 0 Å². The van der Waals surface area contributed by atoms with Crippen LogP contribution in [0.3, 0.4) is 0 Å². The normalized spacial score (nSPS) is 16.7. The van der Waals surface area contributed by atoms with E-state index in [2.05, 4.69) is 34.9 Å². The van der Waals surface area contributed by atoms with E-state index in [1.54, 1.807) is 12.1 Å². The maximum Gasteiger partial charge on any atom is 0.193 e. The Morgan fingerprint density at radius 1 is 0.971 bits per heavy atom. The number of aryl methyl sites for hydroxylation is 1. The van der Waals surface area contributed by atoms with Gasteiger partial charge in [0.2, 0.25) is 0 Å². The molecular formula is C29H26Cl2N2O2. The van der Waals surface area contributed by atoms with Gasteiger partial charge in [-0.3, -0.25) is 4.79 Å². The highest BCUT2D eigenvalue weighted by Gasteiger charge is 2.31. The van der Waals surface area contributed by atoms with Gasteiger partial charge in [-0.2, -0.15) is 0 Å². The molecule has 1 atom stereocenters. The quantitative estimate of drug-likeness (QED) is 0.291. The number of fused-ring (bicyclic) bond motifs is 1. The SMILES string of the molecule is CC=C(c1cc(=O)c2ccccc2o1)N1CCN(c2ccc(Cl)cc2C)C(c2ccc(Cl)cc2)C1. The molecule has 1 aliphatic heterocycles. The number of allylic oxidation sites excluding steroid dienone is 1. The van der Waals surface area contributed by atoms with Crippen molar-refractivity contribution in [3.05, 3.63) is 116 Å². The number of piperazine rings is 1. The Hall–Kier alpha value is -3.21. The van der Waals surface area contributed by atoms with Crippen LogP contribution in [0, 0.1) is 6.92 Å². The van der Waals surface area contributed by atoms with Gasteiger partial charge in [0.1, 0.15) is 5.58 Å². The molecule has 178 valence electrons. The first kappa shape index (κ1) is 23.5. The molecule has 0 bridgehead atoms. The Bertz CT molecular complexity index is 1460.